The van der Waals surface area contributed by atoms with E-state index >= 15 is 0 Å². The fraction of sp³-hybridized carbons (Fsp3) is 0.227. The Labute approximate surface area is 169 Å². The van der Waals surface area contributed by atoms with Gasteiger partial charge in [-0.15, -0.1) is 0 Å². The number of nitrogens with one attached hydrogen (secondary N) is 1. The zero-order chi connectivity index (χ0) is 21.1. The van der Waals surface area contributed by atoms with Crippen molar-refractivity contribution in [3.8, 4) is 28.8 Å². The van der Waals surface area contributed by atoms with E-state index in [4.69, 9.17) is 9.47 Å². The van der Waals surface area contributed by atoms with E-state index in [1.807, 2.05) is 32.0 Å². The summed E-state index contributed by atoms with van der Waals surface area (Å²) in [6.45, 7) is 4.04. The maximum absolute atomic E-state index is 12.8. The van der Waals surface area contributed by atoms with Gasteiger partial charge in [0.1, 0.15) is 22.8 Å². The maximum atomic E-state index is 12.8. The minimum Gasteiger partial charge on any atom is -0.505 e. The van der Waals surface area contributed by atoms with Gasteiger partial charge in [-0.2, -0.15) is 0 Å². The third-order valence-corrected chi connectivity index (χ3v) is 4.66. The van der Waals surface area contributed by atoms with Crippen molar-refractivity contribution < 1.29 is 24.5 Å². The molecule has 0 spiro atoms. The standard InChI is InChI=1S/C22H24N2O5/c1-13(2)15-7-5-6-8-16(15)23-21(26)20-18(25)12-24(22(20)27)17-10-9-14(28-3)11-19(17)29-4/h5-13,25,27H,1-4H3,(H,23,26). The van der Waals surface area contributed by atoms with E-state index in [1.54, 1.807) is 24.3 Å². The second-order valence-electron chi connectivity index (χ2n) is 6.82. The van der Waals surface area contributed by atoms with Crippen LogP contribution in [0.5, 0.6) is 23.1 Å². The number of nitrogens with zero attached hydrogens (tertiary/aromatic N) is 1. The van der Waals surface area contributed by atoms with Gasteiger partial charge < -0.3 is 25.0 Å². The van der Waals surface area contributed by atoms with Crippen molar-refractivity contribution in [3.63, 3.8) is 0 Å². The molecule has 0 aliphatic heterocycles. The molecule has 0 radical (unpaired) electrons. The van der Waals surface area contributed by atoms with Crippen LogP contribution in [0, 0.1) is 0 Å². The highest BCUT2D eigenvalue weighted by molar-refractivity contribution is 6.08. The lowest BCUT2D eigenvalue weighted by molar-refractivity contribution is 0.102. The number of hydrogen-bond acceptors (Lipinski definition) is 5. The topological polar surface area (TPSA) is 93.0 Å². The molecule has 3 aromatic rings. The van der Waals surface area contributed by atoms with Crippen molar-refractivity contribution in [3.05, 3.63) is 59.8 Å². The molecule has 1 amide bonds. The largest absolute Gasteiger partial charge is 0.505 e. The monoisotopic (exact) mass is 396 g/mol. The SMILES string of the molecule is COc1ccc(-n2cc(O)c(C(=O)Nc3ccccc3C(C)C)c2O)c(OC)c1. The van der Waals surface area contributed by atoms with Gasteiger partial charge in [-0.3, -0.25) is 9.36 Å². The summed E-state index contributed by atoms with van der Waals surface area (Å²) in [6.07, 6.45) is 1.27. The van der Waals surface area contributed by atoms with Crippen LogP contribution in [0.3, 0.4) is 0 Å². The molecule has 0 unspecified atom stereocenters. The molecule has 7 heteroatoms. The molecule has 3 N–H and O–H groups in total. The van der Waals surface area contributed by atoms with Crippen molar-refractivity contribution in [1.29, 1.82) is 0 Å². The predicted molar refractivity (Wildman–Crippen MR) is 111 cm³/mol. The van der Waals surface area contributed by atoms with Crippen LogP contribution < -0.4 is 14.8 Å². The highest BCUT2D eigenvalue weighted by Gasteiger charge is 2.25. The number of aromatic hydroxyl groups is 2. The van der Waals surface area contributed by atoms with Crippen LogP contribution in [-0.2, 0) is 0 Å². The highest BCUT2D eigenvalue weighted by Crippen LogP contribution is 2.37. The Bertz CT molecular complexity index is 1040. The molecule has 0 saturated heterocycles. The summed E-state index contributed by atoms with van der Waals surface area (Å²) in [4.78, 5) is 12.8. The number of hydrogen-bond donors (Lipinski definition) is 3. The van der Waals surface area contributed by atoms with Crippen LogP contribution in [0.2, 0.25) is 0 Å². The van der Waals surface area contributed by atoms with Gasteiger partial charge in [-0.1, -0.05) is 32.0 Å². The maximum Gasteiger partial charge on any atom is 0.264 e. The number of carbonyl (C=O) groups excluding carboxylic acids is 1. The minimum atomic E-state index is -0.612. The molecule has 0 bridgehead atoms. The zero-order valence-corrected chi connectivity index (χ0v) is 16.8. The third kappa shape index (κ3) is 3.85. The molecule has 3 rings (SSSR count). The fourth-order valence-corrected chi connectivity index (χ4v) is 3.17. The molecule has 29 heavy (non-hydrogen) atoms. The van der Waals surface area contributed by atoms with Gasteiger partial charge in [-0.05, 0) is 29.7 Å². The number of ether oxygens (including phenoxy) is 2. The molecule has 152 valence electrons. The number of para-hydroxylation sites is 1. The summed E-state index contributed by atoms with van der Waals surface area (Å²) in [7, 11) is 3.01. The molecule has 0 aliphatic carbocycles. The Morgan fingerprint density at radius 2 is 1.79 bits per heavy atom. The number of carbonyl (C=O) groups is 1. The van der Waals surface area contributed by atoms with Crippen molar-refractivity contribution in [2.45, 2.75) is 19.8 Å². The first-order valence-electron chi connectivity index (χ1n) is 9.13. The van der Waals surface area contributed by atoms with Crippen molar-refractivity contribution in [1.82, 2.24) is 4.57 Å². The number of amides is 1. The first kappa shape index (κ1) is 20.1. The summed E-state index contributed by atoms with van der Waals surface area (Å²) in [5.41, 5.74) is 1.81. The van der Waals surface area contributed by atoms with Crippen molar-refractivity contribution >= 4 is 11.6 Å². The summed E-state index contributed by atoms with van der Waals surface area (Å²) < 4.78 is 11.8. The van der Waals surface area contributed by atoms with Gasteiger partial charge in [0.05, 0.1) is 26.1 Å². The van der Waals surface area contributed by atoms with Gasteiger partial charge in [0.2, 0.25) is 5.88 Å². The summed E-state index contributed by atoms with van der Waals surface area (Å²) in [5, 5.41) is 23.8. The van der Waals surface area contributed by atoms with Gasteiger partial charge in [0.25, 0.3) is 5.91 Å². The van der Waals surface area contributed by atoms with Gasteiger partial charge in [0, 0.05) is 11.8 Å². The lowest BCUT2D eigenvalue weighted by Gasteiger charge is -2.14. The van der Waals surface area contributed by atoms with Gasteiger partial charge in [0.15, 0.2) is 0 Å². The number of anilines is 1. The van der Waals surface area contributed by atoms with Crippen molar-refractivity contribution in [2.24, 2.45) is 0 Å². The highest BCUT2D eigenvalue weighted by atomic mass is 16.5. The van der Waals surface area contributed by atoms with E-state index in [2.05, 4.69) is 5.32 Å². The van der Waals surface area contributed by atoms with E-state index in [0.29, 0.717) is 22.9 Å². The normalized spacial score (nSPS) is 10.8. The summed E-state index contributed by atoms with van der Waals surface area (Å²) in [6, 6.07) is 12.4. The summed E-state index contributed by atoms with van der Waals surface area (Å²) >= 11 is 0. The van der Waals surface area contributed by atoms with E-state index in [9.17, 15) is 15.0 Å². The molecule has 7 nitrogen and oxygen atoms in total. The van der Waals surface area contributed by atoms with Crippen LogP contribution in [0.1, 0.15) is 35.7 Å². The third-order valence-electron chi connectivity index (χ3n) is 4.66. The Hall–Kier alpha value is -3.61. The van der Waals surface area contributed by atoms with Crippen LogP contribution in [-0.4, -0.2) is 34.9 Å². The second kappa shape index (κ2) is 8.18. The van der Waals surface area contributed by atoms with E-state index in [1.165, 1.54) is 25.0 Å². The molecule has 2 aromatic carbocycles. The number of benzene rings is 2. The van der Waals surface area contributed by atoms with E-state index < -0.39 is 11.8 Å². The molecular formula is C22H24N2O5. The minimum absolute atomic E-state index is 0.196. The average molecular weight is 396 g/mol. The van der Waals surface area contributed by atoms with E-state index in [-0.39, 0.29) is 17.2 Å². The van der Waals surface area contributed by atoms with Crippen LogP contribution in [0.15, 0.2) is 48.7 Å². The Balaban J connectivity index is 2.00. The first-order chi connectivity index (χ1) is 13.9. The quantitative estimate of drug-likeness (QED) is 0.578. The lowest BCUT2D eigenvalue weighted by atomic mass is 10.0. The Kier molecular flexibility index (Phi) is 5.68. The summed E-state index contributed by atoms with van der Waals surface area (Å²) in [5.74, 6) is -0.178. The molecular weight excluding hydrogens is 372 g/mol. The smallest absolute Gasteiger partial charge is 0.264 e. The Morgan fingerprint density at radius 3 is 2.45 bits per heavy atom. The molecule has 1 aromatic heterocycles. The fourth-order valence-electron chi connectivity index (χ4n) is 3.17. The van der Waals surface area contributed by atoms with Gasteiger partial charge >= 0.3 is 0 Å². The molecule has 1 heterocycles. The molecule has 0 atom stereocenters. The number of rotatable bonds is 6. The van der Waals surface area contributed by atoms with Crippen LogP contribution in [0.25, 0.3) is 5.69 Å². The lowest BCUT2D eigenvalue weighted by Crippen LogP contribution is -2.13. The Morgan fingerprint density at radius 1 is 1.07 bits per heavy atom. The zero-order valence-electron chi connectivity index (χ0n) is 16.8. The molecule has 0 aliphatic rings. The van der Waals surface area contributed by atoms with Crippen molar-refractivity contribution in [2.75, 3.05) is 19.5 Å². The predicted octanol–water partition coefficient (Wildman–Crippen LogP) is 4.28. The van der Waals surface area contributed by atoms with E-state index in [0.717, 1.165) is 5.56 Å². The second-order valence-corrected chi connectivity index (χ2v) is 6.82. The van der Waals surface area contributed by atoms with Crippen LogP contribution in [0.4, 0.5) is 5.69 Å². The molecule has 0 fully saturated rings. The number of aromatic nitrogens is 1. The molecule has 0 saturated carbocycles. The van der Waals surface area contributed by atoms with Gasteiger partial charge in [-0.25, -0.2) is 0 Å². The van der Waals surface area contributed by atoms with Crippen LogP contribution >= 0.6 is 0 Å². The number of methoxy groups -OCH3 is 2. The first-order valence-corrected chi connectivity index (χ1v) is 9.13. The average Bonchev–Trinajstić information content (AvgIpc) is 3.01.